The maximum atomic E-state index is 12.7. The minimum Gasteiger partial charge on any atom is -0.360 e. The summed E-state index contributed by atoms with van der Waals surface area (Å²) in [5, 5.41) is 18.1. The van der Waals surface area contributed by atoms with Crippen LogP contribution in [0.4, 0.5) is 22.9 Å². The summed E-state index contributed by atoms with van der Waals surface area (Å²) in [5.74, 6) is -0.516. The lowest BCUT2D eigenvalue weighted by atomic mass is 9.85. The third-order valence-electron chi connectivity index (χ3n) is 4.83. The second-order valence-corrected chi connectivity index (χ2v) is 6.57. The number of nitrogens with zero attached hydrogens (tertiary/aromatic N) is 3. The van der Waals surface area contributed by atoms with Gasteiger partial charge in [0.25, 0.3) is 5.69 Å². The van der Waals surface area contributed by atoms with E-state index in [1.165, 1.54) is 18.2 Å². The molecule has 2 heterocycles. The molecule has 1 aromatic heterocycles. The Hall–Kier alpha value is -3.49. The van der Waals surface area contributed by atoms with Crippen LogP contribution in [0.5, 0.6) is 0 Å². The average molecular weight is 368 g/mol. The zero-order valence-electron chi connectivity index (χ0n) is 14.4. The van der Waals surface area contributed by atoms with Gasteiger partial charge in [-0.05, 0) is 31.9 Å². The molecule has 1 N–H and O–H groups in total. The zero-order valence-corrected chi connectivity index (χ0v) is 14.4. The van der Waals surface area contributed by atoms with Crippen LogP contribution in [0.2, 0.25) is 0 Å². The first-order valence-corrected chi connectivity index (χ1v) is 8.47. The quantitative estimate of drug-likeness (QED) is 0.381. The number of aryl methyl sites for hydroxylation is 1. The highest BCUT2D eigenvalue weighted by atomic mass is 16.6. The number of carbonyl (C=O) groups excluding carboxylic acids is 2. The van der Waals surface area contributed by atoms with Crippen molar-refractivity contribution < 1.29 is 19.0 Å². The summed E-state index contributed by atoms with van der Waals surface area (Å²) < 4.78 is 4.94. The van der Waals surface area contributed by atoms with Crippen molar-refractivity contribution in [2.45, 2.75) is 19.8 Å². The first-order chi connectivity index (χ1) is 13.0. The number of hydrogen-bond donors (Lipinski definition) is 1. The molecule has 9 heteroatoms. The van der Waals surface area contributed by atoms with Crippen molar-refractivity contribution >= 4 is 34.7 Å². The number of anilines is 3. The molecular formula is C18H16N4O5. The molecule has 1 aliphatic carbocycles. The molecule has 0 bridgehead atoms. The molecule has 27 heavy (non-hydrogen) atoms. The molecule has 4 rings (SSSR count). The number of imide groups is 1. The van der Waals surface area contributed by atoms with E-state index >= 15 is 0 Å². The van der Waals surface area contributed by atoms with Gasteiger partial charge >= 0.3 is 0 Å². The zero-order chi connectivity index (χ0) is 19.1. The summed E-state index contributed by atoms with van der Waals surface area (Å²) in [6.07, 6.45) is 4.81. The summed E-state index contributed by atoms with van der Waals surface area (Å²) in [6, 6.07) is 5.81. The van der Waals surface area contributed by atoms with Crippen molar-refractivity contribution in [2.75, 3.05) is 10.2 Å². The monoisotopic (exact) mass is 368 g/mol. The summed E-state index contributed by atoms with van der Waals surface area (Å²) >= 11 is 0. The van der Waals surface area contributed by atoms with Gasteiger partial charge in [-0.15, -0.1) is 0 Å². The van der Waals surface area contributed by atoms with E-state index in [9.17, 15) is 19.7 Å². The Morgan fingerprint density at radius 1 is 1.19 bits per heavy atom. The third kappa shape index (κ3) is 2.86. The normalized spacial score (nSPS) is 21.4. The number of nitro benzene ring substituents is 1. The van der Waals surface area contributed by atoms with Gasteiger partial charge in [0.2, 0.25) is 11.8 Å². The van der Waals surface area contributed by atoms with Crippen LogP contribution in [-0.2, 0) is 9.59 Å². The van der Waals surface area contributed by atoms with Crippen molar-refractivity contribution in [3.63, 3.8) is 0 Å². The Bertz CT molecular complexity index is 954. The van der Waals surface area contributed by atoms with Crippen LogP contribution in [0, 0.1) is 28.9 Å². The van der Waals surface area contributed by atoms with Crippen LogP contribution >= 0.6 is 0 Å². The molecule has 2 amide bonds. The topological polar surface area (TPSA) is 119 Å². The van der Waals surface area contributed by atoms with E-state index in [4.69, 9.17) is 4.52 Å². The molecule has 0 saturated carbocycles. The SMILES string of the molecule is Cc1cc(Nc2ccc(N3C(=O)[C@H]4CC=CC[C@@H]4C3=O)cc2[N+](=O)[O-])no1. The summed E-state index contributed by atoms with van der Waals surface area (Å²) in [5.41, 5.74) is 0.130. The molecule has 1 aromatic carbocycles. The Labute approximate surface area is 153 Å². The first-order valence-electron chi connectivity index (χ1n) is 8.47. The van der Waals surface area contributed by atoms with Crippen molar-refractivity contribution in [1.82, 2.24) is 5.16 Å². The van der Waals surface area contributed by atoms with Crippen LogP contribution in [0.25, 0.3) is 0 Å². The molecule has 1 saturated heterocycles. The predicted octanol–water partition coefficient (Wildman–Crippen LogP) is 3.09. The Morgan fingerprint density at radius 3 is 2.41 bits per heavy atom. The fourth-order valence-corrected chi connectivity index (χ4v) is 3.53. The summed E-state index contributed by atoms with van der Waals surface area (Å²) in [6.45, 7) is 1.70. The lowest BCUT2D eigenvalue weighted by molar-refractivity contribution is -0.383. The van der Waals surface area contributed by atoms with E-state index in [1.54, 1.807) is 13.0 Å². The van der Waals surface area contributed by atoms with Crippen molar-refractivity contribution in [2.24, 2.45) is 11.8 Å². The standard InChI is InChI=1S/C18H16N4O5/c1-10-8-16(20-27-10)19-14-7-6-11(9-15(14)22(25)26)21-17(23)12-4-2-3-5-13(12)18(21)24/h2-3,6-9,12-13H,4-5H2,1H3,(H,19,20)/t12-,13-/m0/s1. The third-order valence-corrected chi connectivity index (χ3v) is 4.83. The van der Waals surface area contributed by atoms with E-state index in [0.29, 0.717) is 24.4 Å². The van der Waals surface area contributed by atoms with E-state index in [1.807, 2.05) is 12.2 Å². The number of allylic oxidation sites excluding steroid dienone is 2. The lowest BCUT2D eigenvalue weighted by Crippen LogP contribution is -2.30. The number of carbonyl (C=O) groups is 2. The number of benzene rings is 1. The highest BCUT2D eigenvalue weighted by molar-refractivity contribution is 6.22. The van der Waals surface area contributed by atoms with Gasteiger partial charge in [-0.3, -0.25) is 19.7 Å². The number of amides is 2. The Balaban J connectivity index is 1.68. The summed E-state index contributed by atoms with van der Waals surface area (Å²) in [7, 11) is 0. The van der Waals surface area contributed by atoms with Gasteiger partial charge in [0.1, 0.15) is 11.4 Å². The van der Waals surface area contributed by atoms with E-state index in [-0.39, 0.29) is 28.9 Å². The smallest absolute Gasteiger partial charge is 0.294 e. The van der Waals surface area contributed by atoms with Gasteiger partial charge in [-0.1, -0.05) is 17.3 Å². The molecule has 0 unspecified atom stereocenters. The number of aromatic nitrogens is 1. The molecular weight excluding hydrogens is 352 g/mol. The Morgan fingerprint density at radius 2 is 1.85 bits per heavy atom. The molecule has 1 fully saturated rings. The van der Waals surface area contributed by atoms with Gasteiger partial charge in [0, 0.05) is 12.1 Å². The highest BCUT2D eigenvalue weighted by Crippen LogP contribution is 2.40. The van der Waals surface area contributed by atoms with Gasteiger partial charge in [-0.25, -0.2) is 4.90 Å². The molecule has 9 nitrogen and oxygen atoms in total. The number of nitro groups is 1. The highest BCUT2D eigenvalue weighted by Gasteiger charge is 2.48. The predicted molar refractivity (Wildman–Crippen MR) is 95.5 cm³/mol. The van der Waals surface area contributed by atoms with Gasteiger partial charge in [-0.2, -0.15) is 0 Å². The minimum absolute atomic E-state index is 0.190. The Kier molecular flexibility index (Phi) is 3.98. The van der Waals surface area contributed by atoms with Gasteiger partial charge < -0.3 is 9.84 Å². The number of hydrogen-bond acceptors (Lipinski definition) is 7. The number of rotatable bonds is 4. The first kappa shape index (κ1) is 17.0. The molecule has 2 atom stereocenters. The molecule has 0 spiro atoms. The van der Waals surface area contributed by atoms with Crippen LogP contribution in [-0.4, -0.2) is 21.9 Å². The van der Waals surface area contributed by atoms with Crippen molar-refractivity contribution in [1.29, 1.82) is 0 Å². The maximum absolute atomic E-state index is 12.7. The van der Waals surface area contributed by atoms with Crippen LogP contribution in [0.15, 0.2) is 40.9 Å². The largest absolute Gasteiger partial charge is 0.360 e. The lowest BCUT2D eigenvalue weighted by Gasteiger charge is -2.15. The molecule has 1 aliphatic heterocycles. The molecule has 2 aromatic rings. The maximum Gasteiger partial charge on any atom is 0.294 e. The van der Waals surface area contributed by atoms with Crippen molar-refractivity contribution in [3.8, 4) is 0 Å². The van der Waals surface area contributed by atoms with Crippen LogP contribution < -0.4 is 10.2 Å². The van der Waals surface area contributed by atoms with E-state index in [2.05, 4.69) is 10.5 Å². The molecule has 0 radical (unpaired) electrons. The second kappa shape index (κ2) is 6.35. The van der Waals surface area contributed by atoms with Crippen LogP contribution in [0.3, 0.4) is 0 Å². The average Bonchev–Trinajstić information content (AvgIpc) is 3.17. The summed E-state index contributed by atoms with van der Waals surface area (Å²) in [4.78, 5) is 37.4. The number of nitrogens with one attached hydrogen (secondary N) is 1. The van der Waals surface area contributed by atoms with E-state index in [0.717, 1.165) is 4.90 Å². The van der Waals surface area contributed by atoms with Gasteiger partial charge in [0.15, 0.2) is 5.82 Å². The van der Waals surface area contributed by atoms with Crippen molar-refractivity contribution in [3.05, 3.63) is 52.3 Å². The number of fused-ring (bicyclic) bond motifs is 1. The van der Waals surface area contributed by atoms with E-state index < -0.39 is 16.8 Å². The molecule has 138 valence electrons. The van der Waals surface area contributed by atoms with Crippen LogP contribution in [0.1, 0.15) is 18.6 Å². The fraction of sp³-hybridized carbons (Fsp3) is 0.278. The van der Waals surface area contributed by atoms with Gasteiger partial charge in [0.05, 0.1) is 22.4 Å². The second-order valence-electron chi connectivity index (χ2n) is 6.57. The molecule has 2 aliphatic rings. The minimum atomic E-state index is -0.571. The fourth-order valence-electron chi connectivity index (χ4n) is 3.53.